The molecule has 0 saturated heterocycles. The van der Waals surface area contributed by atoms with Crippen LogP contribution < -0.4 is 4.74 Å². The summed E-state index contributed by atoms with van der Waals surface area (Å²) in [5, 5.41) is 8.96. The van der Waals surface area contributed by atoms with Gasteiger partial charge >= 0.3 is 5.97 Å². The van der Waals surface area contributed by atoms with Gasteiger partial charge in [0.05, 0.1) is 12.1 Å². The number of amides is 1. The average molecular weight is 272 g/mol. The van der Waals surface area contributed by atoms with Gasteiger partial charge < -0.3 is 14.7 Å². The Hall–Kier alpha value is -1.75. The van der Waals surface area contributed by atoms with E-state index in [0.29, 0.717) is 21.9 Å². The third-order valence-electron chi connectivity index (χ3n) is 2.45. The van der Waals surface area contributed by atoms with Crippen LogP contribution in [0.5, 0.6) is 5.75 Å². The fourth-order valence-electron chi connectivity index (χ4n) is 1.52. The molecule has 0 fully saturated rings. The molecule has 98 valence electrons. The molecule has 0 spiro atoms. The first-order chi connectivity index (χ1) is 8.36. The van der Waals surface area contributed by atoms with E-state index in [9.17, 15) is 9.59 Å². The van der Waals surface area contributed by atoms with Crippen molar-refractivity contribution < 1.29 is 19.4 Å². The highest BCUT2D eigenvalue weighted by Crippen LogP contribution is 2.28. The first-order valence-electron chi connectivity index (χ1n) is 5.18. The summed E-state index contributed by atoms with van der Waals surface area (Å²) < 4.78 is 5.03. The number of carbonyl (C=O) groups is 2. The van der Waals surface area contributed by atoms with Crippen molar-refractivity contribution in [1.82, 2.24) is 4.90 Å². The maximum absolute atomic E-state index is 12.0. The van der Waals surface area contributed by atoms with Gasteiger partial charge in [-0.2, -0.15) is 0 Å². The van der Waals surface area contributed by atoms with Crippen molar-refractivity contribution in [1.29, 1.82) is 0 Å². The summed E-state index contributed by atoms with van der Waals surface area (Å²) in [4.78, 5) is 23.7. The predicted octanol–water partition coefficient (Wildman–Crippen LogP) is 1.81. The van der Waals surface area contributed by atoms with E-state index >= 15 is 0 Å². The van der Waals surface area contributed by atoms with E-state index in [4.69, 9.17) is 21.4 Å². The van der Waals surface area contributed by atoms with Crippen molar-refractivity contribution in [2.75, 3.05) is 20.7 Å². The van der Waals surface area contributed by atoms with Gasteiger partial charge in [-0.1, -0.05) is 11.6 Å². The second-order valence-electron chi connectivity index (χ2n) is 3.86. The standard InChI is InChI=1S/C12H14ClNO4/c1-7-4-10(18-3)9(13)5-8(7)12(17)14(2)6-11(15)16/h4-5H,6H2,1-3H3,(H,15,16). The van der Waals surface area contributed by atoms with Gasteiger partial charge in [-0.05, 0) is 24.6 Å². The quantitative estimate of drug-likeness (QED) is 0.907. The number of aryl methyl sites for hydroxylation is 1. The molecule has 0 aromatic heterocycles. The number of aliphatic carboxylic acids is 1. The lowest BCUT2D eigenvalue weighted by Crippen LogP contribution is -2.32. The predicted molar refractivity (Wildman–Crippen MR) is 67.3 cm³/mol. The fourth-order valence-corrected chi connectivity index (χ4v) is 1.76. The van der Waals surface area contributed by atoms with Crippen molar-refractivity contribution in [2.24, 2.45) is 0 Å². The Labute approximate surface area is 110 Å². The van der Waals surface area contributed by atoms with Crippen molar-refractivity contribution >= 4 is 23.5 Å². The highest BCUT2D eigenvalue weighted by atomic mass is 35.5. The second-order valence-corrected chi connectivity index (χ2v) is 4.26. The Morgan fingerprint density at radius 2 is 2.06 bits per heavy atom. The molecule has 5 nitrogen and oxygen atoms in total. The minimum atomic E-state index is -1.07. The molecule has 0 radical (unpaired) electrons. The minimum Gasteiger partial charge on any atom is -0.495 e. The molecule has 1 N–H and O–H groups in total. The molecule has 0 bridgehead atoms. The summed E-state index contributed by atoms with van der Waals surface area (Å²) in [6.07, 6.45) is 0. The zero-order valence-electron chi connectivity index (χ0n) is 10.4. The minimum absolute atomic E-state index is 0.315. The van der Waals surface area contributed by atoms with Crippen LogP contribution in [0.3, 0.4) is 0 Å². The number of carboxylic acid groups (broad SMARTS) is 1. The van der Waals surface area contributed by atoms with E-state index in [0.717, 1.165) is 4.90 Å². The van der Waals surface area contributed by atoms with Crippen LogP contribution in [-0.4, -0.2) is 42.6 Å². The van der Waals surface area contributed by atoms with Crippen LogP contribution in [0.2, 0.25) is 5.02 Å². The molecule has 1 aromatic rings. The molecule has 0 aliphatic rings. The molecule has 0 unspecified atom stereocenters. The van der Waals surface area contributed by atoms with Crippen molar-refractivity contribution in [2.45, 2.75) is 6.92 Å². The number of carboxylic acids is 1. The smallest absolute Gasteiger partial charge is 0.323 e. The van der Waals surface area contributed by atoms with Crippen LogP contribution in [-0.2, 0) is 4.79 Å². The number of hydrogen-bond donors (Lipinski definition) is 1. The third-order valence-corrected chi connectivity index (χ3v) is 2.74. The summed E-state index contributed by atoms with van der Waals surface area (Å²) >= 11 is 5.94. The Bertz CT molecular complexity index is 487. The Balaban J connectivity index is 3.06. The monoisotopic (exact) mass is 271 g/mol. The number of halogens is 1. The van der Waals surface area contributed by atoms with Crippen LogP contribution >= 0.6 is 11.6 Å². The molecule has 1 rings (SSSR count). The first kappa shape index (κ1) is 14.3. The van der Waals surface area contributed by atoms with E-state index in [1.807, 2.05) is 0 Å². The summed E-state index contributed by atoms with van der Waals surface area (Å²) in [6, 6.07) is 3.13. The lowest BCUT2D eigenvalue weighted by Gasteiger charge is -2.17. The van der Waals surface area contributed by atoms with E-state index in [1.54, 1.807) is 13.0 Å². The van der Waals surface area contributed by atoms with E-state index in [1.165, 1.54) is 20.2 Å². The van der Waals surface area contributed by atoms with Gasteiger partial charge in [0.2, 0.25) is 0 Å². The maximum atomic E-state index is 12.0. The van der Waals surface area contributed by atoms with Gasteiger partial charge in [0.1, 0.15) is 12.3 Å². The van der Waals surface area contributed by atoms with Crippen LogP contribution in [0.15, 0.2) is 12.1 Å². The van der Waals surface area contributed by atoms with E-state index < -0.39 is 5.97 Å². The molecular formula is C12H14ClNO4. The normalized spacial score (nSPS) is 10.0. The Kier molecular flexibility index (Phi) is 4.55. The molecule has 0 saturated carbocycles. The lowest BCUT2D eigenvalue weighted by molar-refractivity contribution is -0.137. The summed E-state index contributed by atoms with van der Waals surface area (Å²) in [5.74, 6) is -0.978. The maximum Gasteiger partial charge on any atom is 0.323 e. The van der Waals surface area contributed by atoms with E-state index in [2.05, 4.69) is 0 Å². The zero-order chi connectivity index (χ0) is 13.9. The molecule has 18 heavy (non-hydrogen) atoms. The van der Waals surface area contributed by atoms with Crippen molar-refractivity contribution in [3.8, 4) is 5.75 Å². The number of methoxy groups -OCH3 is 1. The molecule has 0 aliphatic carbocycles. The van der Waals surface area contributed by atoms with Crippen molar-refractivity contribution in [3.05, 3.63) is 28.3 Å². The SMILES string of the molecule is COc1cc(C)c(C(=O)N(C)CC(=O)O)cc1Cl. The lowest BCUT2D eigenvalue weighted by atomic mass is 10.1. The number of hydrogen-bond acceptors (Lipinski definition) is 3. The first-order valence-corrected chi connectivity index (χ1v) is 5.56. The topological polar surface area (TPSA) is 66.8 Å². The Morgan fingerprint density at radius 3 is 2.56 bits per heavy atom. The van der Waals surface area contributed by atoms with Gasteiger partial charge in [-0.3, -0.25) is 9.59 Å². The number of nitrogens with zero attached hydrogens (tertiary/aromatic N) is 1. The summed E-state index contributed by atoms with van der Waals surface area (Å²) in [6.45, 7) is 1.38. The molecule has 0 aliphatic heterocycles. The van der Waals surface area contributed by atoms with Crippen LogP contribution in [0.25, 0.3) is 0 Å². The Morgan fingerprint density at radius 1 is 1.44 bits per heavy atom. The van der Waals surface area contributed by atoms with Gasteiger partial charge in [-0.15, -0.1) is 0 Å². The number of likely N-dealkylation sites (N-methyl/N-ethyl adjacent to an activating group) is 1. The molecule has 1 amide bonds. The molecule has 6 heteroatoms. The second kappa shape index (κ2) is 5.73. The molecule has 0 heterocycles. The van der Waals surface area contributed by atoms with Crippen LogP contribution in [0.4, 0.5) is 0 Å². The number of carbonyl (C=O) groups excluding carboxylic acids is 1. The van der Waals surface area contributed by atoms with Crippen LogP contribution in [0.1, 0.15) is 15.9 Å². The highest BCUT2D eigenvalue weighted by Gasteiger charge is 2.18. The van der Waals surface area contributed by atoms with Gasteiger partial charge in [-0.25, -0.2) is 0 Å². The van der Waals surface area contributed by atoms with Crippen LogP contribution in [0, 0.1) is 6.92 Å². The summed E-state index contributed by atoms with van der Waals surface area (Å²) in [7, 11) is 2.91. The fraction of sp³-hybridized carbons (Fsp3) is 0.333. The zero-order valence-corrected chi connectivity index (χ0v) is 11.1. The average Bonchev–Trinajstić information content (AvgIpc) is 2.29. The molecule has 1 aromatic carbocycles. The highest BCUT2D eigenvalue weighted by molar-refractivity contribution is 6.32. The van der Waals surface area contributed by atoms with Gasteiger partial charge in [0.15, 0.2) is 0 Å². The largest absolute Gasteiger partial charge is 0.495 e. The third kappa shape index (κ3) is 3.13. The number of ether oxygens (including phenoxy) is 1. The number of benzene rings is 1. The molecular weight excluding hydrogens is 258 g/mol. The summed E-state index contributed by atoms with van der Waals surface area (Å²) in [5.41, 5.74) is 1.04. The molecule has 0 atom stereocenters. The van der Waals surface area contributed by atoms with Gasteiger partial charge in [0, 0.05) is 12.6 Å². The van der Waals surface area contributed by atoms with Crippen molar-refractivity contribution in [3.63, 3.8) is 0 Å². The van der Waals surface area contributed by atoms with E-state index in [-0.39, 0.29) is 12.5 Å². The number of rotatable bonds is 4. The van der Waals surface area contributed by atoms with Gasteiger partial charge in [0.25, 0.3) is 5.91 Å².